The van der Waals surface area contributed by atoms with Crippen LogP contribution < -0.4 is 4.31 Å². The van der Waals surface area contributed by atoms with Crippen molar-refractivity contribution in [1.29, 1.82) is 0 Å². The van der Waals surface area contributed by atoms with E-state index in [-0.39, 0.29) is 18.2 Å². The number of hydrogen-bond donors (Lipinski definition) is 0. The number of fused-ring (bicyclic) bond motifs is 1. The van der Waals surface area contributed by atoms with Crippen LogP contribution >= 0.6 is 11.9 Å². The molecule has 0 amide bonds. The highest BCUT2D eigenvalue weighted by atomic mass is 32.2. The Kier molecular flexibility index (Phi) is 6.09. The molecular weight excluding hydrogens is 414 g/mol. The lowest BCUT2D eigenvalue weighted by molar-refractivity contribution is -0.108. The first kappa shape index (κ1) is 21.1. The van der Waals surface area contributed by atoms with E-state index in [0.29, 0.717) is 6.42 Å². The molecule has 31 heavy (non-hydrogen) atoms. The summed E-state index contributed by atoms with van der Waals surface area (Å²) in [7, 11) is 1.94. The van der Waals surface area contributed by atoms with Crippen LogP contribution in [-0.2, 0) is 17.8 Å². The Bertz CT molecular complexity index is 1230. The quantitative estimate of drug-likeness (QED) is 0.256. The van der Waals surface area contributed by atoms with E-state index in [1.807, 2.05) is 41.0 Å². The van der Waals surface area contributed by atoms with E-state index in [1.165, 1.54) is 18.2 Å². The molecule has 0 saturated heterocycles. The van der Waals surface area contributed by atoms with Crippen molar-refractivity contribution >= 4 is 34.8 Å². The average molecular weight is 437 g/mol. The van der Waals surface area contributed by atoms with Crippen molar-refractivity contribution in [3.63, 3.8) is 0 Å². The molecule has 0 radical (unpaired) electrons. The maximum atomic E-state index is 14.0. The summed E-state index contributed by atoms with van der Waals surface area (Å²) in [6, 6.07) is 19.1. The molecule has 3 aromatic carbocycles. The largest absolute Gasteiger partial charge is 0.337 e. The molecule has 4 rings (SSSR count). The minimum atomic E-state index is -0.296. The Morgan fingerprint density at radius 1 is 1.00 bits per heavy atom. The summed E-state index contributed by atoms with van der Waals surface area (Å²) >= 11 is 1.55. The first-order chi connectivity index (χ1) is 15.0. The molecule has 0 aliphatic carbocycles. The van der Waals surface area contributed by atoms with Gasteiger partial charge >= 0.3 is 0 Å². The Morgan fingerprint density at radius 3 is 2.45 bits per heavy atom. The van der Waals surface area contributed by atoms with Crippen molar-refractivity contribution in [2.24, 2.45) is 0 Å². The number of nitrogens with zero attached hydrogens (tertiary/aromatic N) is 2. The minimum absolute atomic E-state index is 0.234. The maximum Gasteiger partial charge on any atom is 0.139 e. The van der Waals surface area contributed by atoms with E-state index in [0.717, 1.165) is 44.6 Å². The van der Waals surface area contributed by atoms with Crippen molar-refractivity contribution in [2.75, 3.05) is 11.4 Å². The molecule has 0 spiro atoms. The third kappa shape index (κ3) is 4.35. The lowest BCUT2D eigenvalue weighted by atomic mass is 10.0. The molecule has 4 aromatic rings. The maximum absolute atomic E-state index is 14.0. The van der Waals surface area contributed by atoms with Crippen LogP contribution in [0, 0.1) is 18.6 Å². The van der Waals surface area contributed by atoms with Gasteiger partial charge in [-0.05, 0) is 78.5 Å². The monoisotopic (exact) mass is 436 g/mol. The molecule has 0 N–H and O–H groups in total. The molecule has 0 aliphatic heterocycles. The van der Waals surface area contributed by atoms with Gasteiger partial charge in [0, 0.05) is 40.6 Å². The number of carbonyl (C=O) groups excluding carboxylic acids is 1. The molecule has 0 unspecified atom stereocenters. The third-order valence-electron chi connectivity index (χ3n) is 5.44. The van der Waals surface area contributed by atoms with Gasteiger partial charge in [-0.3, -0.25) is 0 Å². The molecule has 0 bridgehead atoms. The first-order valence-electron chi connectivity index (χ1n) is 9.94. The fourth-order valence-electron chi connectivity index (χ4n) is 3.84. The van der Waals surface area contributed by atoms with Crippen LogP contribution in [-0.4, -0.2) is 17.9 Å². The van der Waals surface area contributed by atoms with Gasteiger partial charge in [-0.1, -0.05) is 18.2 Å². The van der Waals surface area contributed by atoms with E-state index in [4.69, 9.17) is 0 Å². The van der Waals surface area contributed by atoms with Gasteiger partial charge in [-0.15, -0.1) is 0 Å². The van der Waals surface area contributed by atoms with Crippen molar-refractivity contribution < 1.29 is 13.6 Å². The fraction of sp³-hybridized carbons (Fsp3) is 0.160. The molecule has 0 saturated carbocycles. The molecule has 1 heterocycles. The molecule has 0 aliphatic rings. The number of aldehydes is 1. The van der Waals surface area contributed by atoms with Crippen LogP contribution in [0.5, 0.6) is 0 Å². The smallest absolute Gasteiger partial charge is 0.139 e. The predicted octanol–water partition coefficient (Wildman–Crippen LogP) is 6.16. The number of carbonyl (C=O) groups is 1. The zero-order valence-electron chi connectivity index (χ0n) is 17.3. The van der Waals surface area contributed by atoms with E-state index >= 15 is 0 Å². The molecule has 0 fully saturated rings. The summed E-state index contributed by atoms with van der Waals surface area (Å²) in [5.74, 6) is -0.562. The van der Waals surface area contributed by atoms with Crippen molar-refractivity contribution in [3.8, 4) is 0 Å². The van der Waals surface area contributed by atoms with Crippen LogP contribution in [0.2, 0.25) is 0 Å². The molecular formula is C25H22F2N2OS. The Balaban J connectivity index is 1.70. The number of benzene rings is 3. The van der Waals surface area contributed by atoms with Gasteiger partial charge in [0.1, 0.15) is 17.9 Å². The van der Waals surface area contributed by atoms with Gasteiger partial charge in [0.05, 0.1) is 6.54 Å². The molecule has 0 atom stereocenters. The highest BCUT2D eigenvalue weighted by Gasteiger charge is 2.17. The Morgan fingerprint density at radius 2 is 1.71 bits per heavy atom. The van der Waals surface area contributed by atoms with Gasteiger partial charge in [0.15, 0.2) is 0 Å². The van der Waals surface area contributed by atoms with Gasteiger partial charge in [-0.2, -0.15) is 0 Å². The number of hydrogen-bond acceptors (Lipinski definition) is 3. The van der Waals surface area contributed by atoms with Crippen molar-refractivity contribution in [3.05, 3.63) is 95.2 Å². The highest BCUT2D eigenvalue weighted by molar-refractivity contribution is 8.00. The summed E-state index contributed by atoms with van der Waals surface area (Å²) in [5, 5.41) is 0.825. The van der Waals surface area contributed by atoms with E-state index in [2.05, 4.69) is 6.07 Å². The van der Waals surface area contributed by atoms with E-state index in [9.17, 15) is 13.6 Å². The minimum Gasteiger partial charge on any atom is -0.337 e. The highest BCUT2D eigenvalue weighted by Crippen LogP contribution is 2.34. The number of aromatic nitrogens is 1. The van der Waals surface area contributed by atoms with Crippen LogP contribution in [0.1, 0.15) is 16.8 Å². The summed E-state index contributed by atoms with van der Waals surface area (Å²) < 4.78 is 31.2. The van der Waals surface area contributed by atoms with Gasteiger partial charge in [-0.25, -0.2) is 8.78 Å². The zero-order valence-corrected chi connectivity index (χ0v) is 18.1. The second-order valence-electron chi connectivity index (χ2n) is 7.35. The van der Waals surface area contributed by atoms with Gasteiger partial charge in [0.25, 0.3) is 0 Å². The zero-order chi connectivity index (χ0) is 22.0. The average Bonchev–Trinajstić information content (AvgIpc) is 3.01. The standard InChI is InChI=1S/C25H22F2N2OS/c1-17-22(23-16-20(27)9-12-24(23)29(17)13-14-30)15-18-5-3-4-6-25(18)31-28(2)21-10-7-19(26)8-11-21/h3-12,14,16H,13,15H2,1-2H3. The summed E-state index contributed by atoms with van der Waals surface area (Å²) in [4.78, 5) is 12.3. The lowest BCUT2D eigenvalue weighted by Gasteiger charge is -2.20. The molecule has 6 heteroatoms. The third-order valence-corrected chi connectivity index (χ3v) is 6.52. The number of anilines is 1. The Labute approximate surface area is 184 Å². The number of rotatable bonds is 7. The number of halogens is 2. The summed E-state index contributed by atoms with van der Waals surface area (Å²) in [6.07, 6.45) is 1.47. The van der Waals surface area contributed by atoms with Crippen molar-refractivity contribution in [2.45, 2.75) is 24.8 Å². The van der Waals surface area contributed by atoms with Crippen molar-refractivity contribution in [1.82, 2.24) is 4.57 Å². The molecule has 1 aromatic heterocycles. The van der Waals surface area contributed by atoms with Crippen LogP contribution in [0.25, 0.3) is 10.9 Å². The SMILES string of the molecule is Cc1c(Cc2ccccc2SN(C)c2ccc(F)cc2)c2cc(F)ccc2n1CC=O. The van der Waals surface area contributed by atoms with Crippen LogP contribution in [0.15, 0.2) is 71.6 Å². The van der Waals surface area contributed by atoms with E-state index in [1.54, 1.807) is 36.2 Å². The summed E-state index contributed by atoms with van der Waals surface area (Å²) in [5.41, 5.74) is 4.81. The second-order valence-corrected chi connectivity index (χ2v) is 8.52. The summed E-state index contributed by atoms with van der Waals surface area (Å²) in [6.45, 7) is 2.20. The van der Waals surface area contributed by atoms with Gasteiger partial charge in [0.2, 0.25) is 0 Å². The molecule has 158 valence electrons. The predicted molar refractivity (Wildman–Crippen MR) is 123 cm³/mol. The van der Waals surface area contributed by atoms with Gasteiger partial charge < -0.3 is 13.7 Å². The second kappa shape index (κ2) is 8.94. The fourth-order valence-corrected chi connectivity index (χ4v) is 4.76. The first-order valence-corrected chi connectivity index (χ1v) is 10.7. The van der Waals surface area contributed by atoms with Crippen LogP contribution in [0.3, 0.4) is 0 Å². The normalized spacial score (nSPS) is 11.1. The molecule has 3 nitrogen and oxygen atoms in total. The Hall–Kier alpha value is -3.12. The van der Waals surface area contributed by atoms with E-state index < -0.39 is 0 Å². The lowest BCUT2D eigenvalue weighted by Crippen LogP contribution is -2.07. The topological polar surface area (TPSA) is 25.2 Å². The van der Waals surface area contributed by atoms with Crippen LogP contribution in [0.4, 0.5) is 14.5 Å².